The predicted octanol–water partition coefficient (Wildman–Crippen LogP) is 13.1. The van der Waals surface area contributed by atoms with Crippen molar-refractivity contribution < 1.29 is 59.0 Å². The summed E-state index contributed by atoms with van der Waals surface area (Å²) >= 11 is 44.9. The summed E-state index contributed by atoms with van der Waals surface area (Å²) in [5.41, 5.74) is 10.7. The second kappa shape index (κ2) is 30.5. The van der Waals surface area contributed by atoms with Crippen molar-refractivity contribution in [2.75, 3.05) is 11.5 Å². The topological polar surface area (TPSA) is 230 Å². The highest BCUT2D eigenvalue weighted by Crippen LogP contribution is 2.41. The number of anilines is 2. The van der Waals surface area contributed by atoms with Crippen molar-refractivity contribution in [3.63, 3.8) is 0 Å². The largest absolute Gasteiger partial charge is 0.481 e. The van der Waals surface area contributed by atoms with E-state index in [0.29, 0.717) is 47.3 Å². The zero-order valence-corrected chi connectivity index (χ0v) is 48.6. The van der Waals surface area contributed by atoms with Crippen molar-refractivity contribution in [1.29, 1.82) is 0 Å². The molecule has 31 heteroatoms. The molecule has 0 unspecified atom stereocenters. The normalized spacial score (nSPS) is 11.7. The molecule has 0 aliphatic carbocycles. The summed E-state index contributed by atoms with van der Waals surface area (Å²) in [6.07, 6.45) is -9.61. The summed E-state index contributed by atoms with van der Waals surface area (Å²) < 4.78 is 114. The summed E-state index contributed by atoms with van der Waals surface area (Å²) in [6, 6.07) is 18.8. The van der Waals surface area contributed by atoms with Crippen LogP contribution in [0.5, 0.6) is 0 Å². The lowest BCUT2D eigenvalue weighted by Gasteiger charge is -2.26. The zero-order chi connectivity index (χ0) is 62.1. The molecule has 0 fully saturated rings. The van der Waals surface area contributed by atoms with E-state index in [1.807, 2.05) is 0 Å². The summed E-state index contributed by atoms with van der Waals surface area (Å²) in [4.78, 5) is 60.3. The van der Waals surface area contributed by atoms with Gasteiger partial charge in [0, 0.05) is 55.7 Å². The summed E-state index contributed by atoms with van der Waals surface area (Å²) in [5, 5.41) is 15.5. The molecule has 14 nitrogen and oxygen atoms in total. The standard InChI is InChI=1S/C14H13Cl2F3N2OS.C12H13Cl2F3N2O.C11H8N2O2S.C7H8Cl2N2.C5H7F3O2/c1-13(2,14(17,18)19)12(22)21-7-8-3-4-9(15)11(10(8)16)20-5-6-23;1-11(2,12(15,16)17)10(20)19-5-6-3-4-7(13)9(18)8(6)14;14-9-5-1-3-7-12(9)11(16)13-8-4-2-6-10(13)15;8-5-2-1-4(3-10)6(9)7(5)11;1-4(2,3(9)10)5(6,7)8/h3-6H,7H2,1-2H3,(H,21,22);3-4H,5,18H2,1-2H3,(H,19,20);1-8H;1-2H,3,10-11H2;1-2H3,(H,9,10). The number of nitrogens with two attached hydrogens (primary N) is 3. The number of aliphatic carboxylic acids is 1. The number of nitrogens with one attached hydrogen (secondary N) is 2. The van der Waals surface area contributed by atoms with Crippen LogP contribution in [0.1, 0.15) is 58.2 Å². The first kappa shape index (κ1) is 72.5. The third-order valence-corrected chi connectivity index (χ3v) is 13.6. The molecule has 3 aromatic carbocycles. The number of carboxylic acids is 1. The van der Waals surface area contributed by atoms with Gasteiger partial charge in [0.15, 0.2) is 10.5 Å². The van der Waals surface area contributed by atoms with Gasteiger partial charge in [0.05, 0.1) is 41.5 Å². The summed E-state index contributed by atoms with van der Waals surface area (Å²) in [7, 11) is 0. The minimum Gasteiger partial charge on any atom is -0.481 e. The van der Waals surface area contributed by atoms with Crippen LogP contribution in [-0.4, -0.2) is 67.2 Å². The Morgan fingerprint density at radius 3 is 1.26 bits per heavy atom. The Balaban J connectivity index is 0.000000516. The van der Waals surface area contributed by atoms with E-state index in [1.165, 1.54) is 69.5 Å². The van der Waals surface area contributed by atoms with E-state index in [1.54, 1.807) is 36.4 Å². The van der Waals surface area contributed by atoms with Gasteiger partial charge in [-0.1, -0.05) is 112 Å². The lowest BCUT2D eigenvalue weighted by Crippen LogP contribution is -2.46. The number of nitrogens with zero attached hydrogens (tertiary/aromatic N) is 3. The molecule has 2 heterocycles. The van der Waals surface area contributed by atoms with Gasteiger partial charge in [-0.3, -0.25) is 38.1 Å². The second-order valence-electron chi connectivity index (χ2n) is 17.5. The van der Waals surface area contributed by atoms with E-state index in [2.05, 4.69) is 27.8 Å². The highest BCUT2D eigenvalue weighted by atomic mass is 35.5. The number of halogens is 15. The molecule has 0 aliphatic rings. The van der Waals surface area contributed by atoms with Gasteiger partial charge in [-0.15, -0.1) is 0 Å². The number of aromatic nitrogens is 2. The highest BCUT2D eigenvalue weighted by Gasteiger charge is 2.54. The predicted molar refractivity (Wildman–Crippen MR) is 304 cm³/mol. The molecule has 5 rings (SSSR count). The van der Waals surface area contributed by atoms with Gasteiger partial charge in [-0.05, 0) is 101 Å². The number of carbonyl (C=O) groups is 3. The third kappa shape index (κ3) is 19.9. The van der Waals surface area contributed by atoms with Crippen molar-refractivity contribution in [3.05, 3.63) is 153 Å². The molecule has 2 amide bonds. The first-order valence-electron chi connectivity index (χ1n) is 22.1. The van der Waals surface area contributed by atoms with Crippen LogP contribution in [0.15, 0.2) is 99.8 Å². The van der Waals surface area contributed by atoms with Crippen LogP contribution in [0.25, 0.3) is 0 Å². The summed E-state index contributed by atoms with van der Waals surface area (Å²) in [6.45, 7) is 4.49. The van der Waals surface area contributed by atoms with E-state index in [4.69, 9.17) is 104 Å². The summed E-state index contributed by atoms with van der Waals surface area (Å²) in [5.74, 6) is -4.16. The SMILES string of the molecule is CC(C)(C(=O)NCc1ccc(Cl)c(N)c1Cl)C(F)(F)F.CC(C)(C(=O)NCc1ccc(Cl)c(N=CC=S)c1Cl)C(F)(F)F.CC(C)(C(=O)O)C(F)(F)F.NCc1ccc(Cl)c(N)c1Cl.O=c1ccccn1C(=S)n1ccccc1=O. The first-order valence-corrected chi connectivity index (χ1v) is 25.2. The number of hydrogen-bond donors (Lipinski definition) is 6. The van der Waals surface area contributed by atoms with Crippen molar-refractivity contribution in [2.45, 2.75) is 79.7 Å². The number of alkyl halides is 9. The van der Waals surface area contributed by atoms with E-state index in [0.717, 1.165) is 33.3 Å². The molecule has 0 spiro atoms. The fraction of sp³-hybridized carbons (Fsp3) is 0.306. The van der Waals surface area contributed by atoms with Crippen LogP contribution in [0.3, 0.4) is 0 Å². The van der Waals surface area contributed by atoms with Gasteiger partial charge in [-0.2, -0.15) is 39.5 Å². The van der Waals surface area contributed by atoms with Gasteiger partial charge in [0.25, 0.3) is 11.1 Å². The van der Waals surface area contributed by atoms with Crippen LogP contribution in [0, 0.1) is 16.2 Å². The molecule has 5 aromatic rings. The first-order chi connectivity index (χ1) is 36.6. The van der Waals surface area contributed by atoms with Crippen LogP contribution < -0.4 is 39.0 Å². The number of aliphatic imine (C=N–C) groups is 1. The van der Waals surface area contributed by atoms with E-state index in [9.17, 15) is 63.5 Å². The Bertz CT molecular complexity index is 3120. The molecule has 0 aliphatic heterocycles. The third-order valence-electron chi connectivity index (χ3n) is 10.8. The van der Waals surface area contributed by atoms with Gasteiger partial charge in [0.1, 0.15) is 16.5 Å². The molecule has 0 saturated heterocycles. The van der Waals surface area contributed by atoms with Gasteiger partial charge in [0.2, 0.25) is 11.8 Å². The molecule has 0 bridgehead atoms. The molecule has 2 aromatic heterocycles. The average molecular weight is 1290 g/mol. The fourth-order valence-corrected chi connectivity index (χ4v) is 6.71. The molecule has 0 radical (unpaired) electrons. The maximum atomic E-state index is 12.8. The monoisotopic (exact) mass is 1290 g/mol. The molecule has 438 valence electrons. The Morgan fingerprint density at radius 2 is 0.938 bits per heavy atom. The number of amides is 2. The zero-order valence-electron chi connectivity index (χ0n) is 42.4. The van der Waals surface area contributed by atoms with Crippen LogP contribution in [0.2, 0.25) is 30.1 Å². The molecule has 0 atom stereocenters. The van der Waals surface area contributed by atoms with Crippen molar-refractivity contribution in [1.82, 2.24) is 19.8 Å². The minimum absolute atomic E-state index is 0.114. The number of benzene rings is 3. The number of nitrogen functional groups attached to an aromatic ring is 2. The van der Waals surface area contributed by atoms with Crippen LogP contribution in [0.4, 0.5) is 56.6 Å². The molecular weight excluding hydrogens is 1240 g/mol. The van der Waals surface area contributed by atoms with Crippen LogP contribution >= 0.6 is 94.0 Å². The second-order valence-corrected chi connectivity index (χ2v) is 20.5. The Labute approximate surface area is 492 Å². The number of hydrogen-bond acceptors (Lipinski definition) is 11. The molecule has 80 heavy (non-hydrogen) atoms. The Hall–Kier alpha value is -5.51. The van der Waals surface area contributed by atoms with Crippen molar-refractivity contribution in [3.8, 4) is 0 Å². The smallest absolute Gasteiger partial charge is 0.404 e. The Kier molecular flexibility index (Phi) is 27.7. The van der Waals surface area contributed by atoms with Gasteiger partial charge < -0.3 is 32.9 Å². The highest BCUT2D eigenvalue weighted by molar-refractivity contribution is 7.80. The quantitative estimate of drug-likeness (QED) is 0.0333. The fourth-order valence-electron chi connectivity index (χ4n) is 4.92. The van der Waals surface area contributed by atoms with E-state index >= 15 is 0 Å². The minimum atomic E-state index is -4.68. The molecule has 9 N–H and O–H groups in total. The van der Waals surface area contributed by atoms with Gasteiger partial charge in [-0.25, -0.2) is 0 Å². The lowest BCUT2D eigenvalue weighted by molar-refractivity contribution is -0.221. The number of rotatable bonds is 10. The maximum Gasteiger partial charge on any atom is 0.404 e. The number of pyridine rings is 2. The van der Waals surface area contributed by atoms with Gasteiger partial charge >= 0.3 is 24.5 Å². The van der Waals surface area contributed by atoms with Crippen LogP contribution in [-0.2, 0) is 34.0 Å². The average Bonchev–Trinajstić information content (AvgIpc) is 3.36. The molecule has 0 saturated carbocycles. The maximum absolute atomic E-state index is 12.8. The van der Waals surface area contributed by atoms with Crippen molar-refractivity contribution in [2.24, 2.45) is 27.0 Å². The van der Waals surface area contributed by atoms with E-state index in [-0.39, 0.29) is 60.8 Å². The number of carbonyl (C=O) groups excluding carboxylic acids is 2. The van der Waals surface area contributed by atoms with Crippen molar-refractivity contribution >= 4 is 146 Å². The lowest BCUT2D eigenvalue weighted by atomic mass is 9.91. The Morgan fingerprint density at radius 1 is 0.588 bits per heavy atom. The number of thiocarbonyl (C=S) groups is 2. The molecular formula is C49H49Cl6F9N8O6S2. The number of carboxylic acid groups (broad SMARTS) is 1. The van der Waals surface area contributed by atoms with E-state index < -0.39 is 52.6 Å².